The van der Waals surface area contributed by atoms with Crippen LogP contribution in [0.1, 0.15) is 61.9 Å². The van der Waals surface area contributed by atoms with E-state index in [4.69, 9.17) is 9.47 Å². The summed E-state index contributed by atoms with van der Waals surface area (Å²) in [4.78, 5) is 24.5. The van der Waals surface area contributed by atoms with Gasteiger partial charge in [0.25, 0.3) is 0 Å². The Kier molecular flexibility index (Phi) is 3.38. The Morgan fingerprint density at radius 2 is 1.96 bits per heavy atom. The topological polar surface area (TPSA) is 83.3 Å². The molecular formula is C21H27N3O4. The first kappa shape index (κ1) is 17.0. The number of fused-ring (bicyclic) bond motifs is 5. The molecule has 2 spiro atoms. The van der Waals surface area contributed by atoms with E-state index in [9.17, 15) is 9.59 Å². The van der Waals surface area contributed by atoms with E-state index in [1.807, 2.05) is 0 Å². The lowest BCUT2D eigenvalue weighted by Crippen LogP contribution is -2.35. The molecule has 5 atom stereocenters. The Morgan fingerprint density at radius 3 is 2.68 bits per heavy atom. The van der Waals surface area contributed by atoms with Gasteiger partial charge >= 0.3 is 11.9 Å². The third-order valence-electron chi connectivity index (χ3n) is 8.81. The van der Waals surface area contributed by atoms with Crippen molar-refractivity contribution < 1.29 is 19.1 Å². The molecule has 5 fully saturated rings. The number of nitrogens with zero attached hydrogens (tertiary/aromatic N) is 3. The van der Waals surface area contributed by atoms with Gasteiger partial charge in [0.2, 0.25) is 0 Å². The molecule has 5 unspecified atom stereocenters. The van der Waals surface area contributed by atoms with Crippen molar-refractivity contribution in [2.75, 3.05) is 7.11 Å². The van der Waals surface area contributed by atoms with Crippen molar-refractivity contribution in [2.45, 2.75) is 64.0 Å². The molecule has 6 rings (SSSR count). The molecule has 2 heterocycles. The molecule has 0 amide bonds. The molecule has 0 bridgehead atoms. The summed E-state index contributed by atoms with van der Waals surface area (Å²) in [5.74, 6) is 0.808. The SMILES string of the molecule is COC(=O)c1cn(CC2C(=O)OC3C2CCC2(CC2)C2CCC4(CC4)C32)nn1. The Hall–Kier alpha value is -1.92. The molecule has 0 aromatic carbocycles. The van der Waals surface area contributed by atoms with Gasteiger partial charge in [0.05, 0.1) is 25.8 Å². The minimum atomic E-state index is -0.507. The lowest BCUT2D eigenvalue weighted by atomic mass is 9.73. The number of hydrogen-bond acceptors (Lipinski definition) is 6. The maximum atomic E-state index is 12.9. The number of methoxy groups -OCH3 is 1. The van der Waals surface area contributed by atoms with E-state index in [2.05, 4.69) is 10.3 Å². The maximum Gasteiger partial charge on any atom is 0.360 e. The van der Waals surface area contributed by atoms with Crippen molar-refractivity contribution in [1.29, 1.82) is 0 Å². The fraction of sp³-hybridized carbons (Fsp3) is 0.810. The lowest BCUT2D eigenvalue weighted by molar-refractivity contribution is -0.148. The van der Waals surface area contributed by atoms with Crippen LogP contribution in [0, 0.1) is 34.5 Å². The van der Waals surface area contributed by atoms with Crippen molar-refractivity contribution >= 4 is 11.9 Å². The molecule has 0 radical (unpaired) electrons. The number of carbonyl (C=O) groups excluding carboxylic acids is 2. The standard InChI is InChI=1S/C21H27N3O4/c1-27-19(26)15-11-24(23-22-15)10-13-12-2-4-20(6-7-20)14-3-5-21(8-9-21)16(14)17(12)28-18(13)25/h11-14,16-17H,2-10H2,1H3. The fourth-order valence-electron chi connectivity index (χ4n) is 7.06. The zero-order chi connectivity index (χ0) is 19.1. The number of aromatic nitrogens is 3. The lowest BCUT2D eigenvalue weighted by Gasteiger charge is -2.33. The highest BCUT2D eigenvalue weighted by molar-refractivity contribution is 5.86. The van der Waals surface area contributed by atoms with Gasteiger partial charge in [-0.3, -0.25) is 9.48 Å². The van der Waals surface area contributed by atoms with Crippen molar-refractivity contribution in [3.8, 4) is 0 Å². The summed E-state index contributed by atoms with van der Waals surface area (Å²) in [5.41, 5.74) is 1.19. The average Bonchev–Trinajstić information content (AvgIpc) is 3.53. The zero-order valence-electron chi connectivity index (χ0n) is 16.3. The van der Waals surface area contributed by atoms with Crippen LogP contribution in [0.25, 0.3) is 0 Å². The molecule has 1 aromatic rings. The summed E-state index contributed by atoms with van der Waals surface area (Å²) in [6.45, 7) is 0.432. The van der Waals surface area contributed by atoms with Crippen LogP contribution in [0.4, 0.5) is 0 Å². The van der Waals surface area contributed by atoms with Gasteiger partial charge in [0.1, 0.15) is 6.10 Å². The van der Waals surface area contributed by atoms with Crippen molar-refractivity contribution in [3.63, 3.8) is 0 Å². The van der Waals surface area contributed by atoms with Gasteiger partial charge in [-0.25, -0.2) is 4.79 Å². The van der Waals surface area contributed by atoms with E-state index in [0.29, 0.717) is 23.3 Å². The number of carbonyl (C=O) groups is 2. The smallest absolute Gasteiger partial charge is 0.360 e. The van der Waals surface area contributed by atoms with Crippen molar-refractivity contribution in [3.05, 3.63) is 11.9 Å². The largest absolute Gasteiger partial charge is 0.464 e. The summed E-state index contributed by atoms with van der Waals surface area (Å²) in [6.07, 6.45) is 12.0. The normalized spacial score (nSPS) is 38.6. The van der Waals surface area contributed by atoms with Gasteiger partial charge in [-0.05, 0) is 68.1 Å². The molecule has 5 aliphatic rings. The highest BCUT2D eigenvalue weighted by atomic mass is 16.6. The zero-order valence-corrected chi connectivity index (χ0v) is 16.3. The summed E-state index contributed by atoms with van der Waals surface area (Å²) in [7, 11) is 1.32. The van der Waals surface area contributed by atoms with Crippen molar-refractivity contribution in [2.24, 2.45) is 34.5 Å². The van der Waals surface area contributed by atoms with Crippen LogP contribution in [0.2, 0.25) is 0 Å². The van der Waals surface area contributed by atoms with E-state index >= 15 is 0 Å². The highest BCUT2D eigenvalue weighted by Crippen LogP contribution is 2.75. The van der Waals surface area contributed by atoms with Crippen LogP contribution in [-0.4, -0.2) is 40.1 Å². The average molecular weight is 385 g/mol. The molecule has 4 saturated carbocycles. The summed E-state index contributed by atoms with van der Waals surface area (Å²) < 4.78 is 12.4. The molecule has 1 aromatic heterocycles. The minimum Gasteiger partial charge on any atom is -0.464 e. The van der Waals surface area contributed by atoms with Gasteiger partial charge in [-0.2, -0.15) is 0 Å². The molecule has 150 valence electrons. The van der Waals surface area contributed by atoms with Crippen molar-refractivity contribution in [1.82, 2.24) is 15.0 Å². The molecule has 1 aliphatic heterocycles. The van der Waals surface area contributed by atoms with Gasteiger partial charge < -0.3 is 9.47 Å². The molecule has 4 aliphatic carbocycles. The fourth-order valence-corrected chi connectivity index (χ4v) is 7.06. The molecule has 28 heavy (non-hydrogen) atoms. The first-order valence-corrected chi connectivity index (χ1v) is 10.7. The van der Waals surface area contributed by atoms with Gasteiger partial charge in [0.15, 0.2) is 5.69 Å². The molecule has 0 N–H and O–H groups in total. The Morgan fingerprint density at radius 1 is 1.21 bits per heavy atom. The van der Waals surface area contributed by atoms with E-state index in [1.54, 1.807) is 10.9 Å². The molecule has 7 heteroatoms. The predicted molar refractivity (Wildman–Crippen MR) is 97.0 cm³/mol. The first-order chi connectivity index (χ1) is 13.6. The Balaban J connectivity index is 1.28. The minimum absolute atomic E-state index is 0.0797. The second-order valence-electron chi connectivity index (χ2n) is 9.92. The van der Waals surface area contributed by atoms with E-state index in [0.717, 1.165) is 12.3 Å². The second-order valence-corrected chi connectivity index (χ2v) is 9.92. The van der Waals surface area contributed by atoms with Crippen LogP contribution in [0.15, 0.2) is 6.20 Å². The maximum absolute atomic E-state index is 12.9. The summed E-state index contributed by atoms with van der Waals surface area (Å²) >= 11 is 0. The Labute approximate surface area is 164 Å². The van der Waals surface area contributed by atoms with Gasteiger partial charge in [0, 0.05) is 11.8 Å². The summed E-state index contributed by atoms with van der Waals surface area (Å²) in [5, 5.41) is 7.93. The number of rotatable bonds is 3. The first-order valence-electron chi connectivity index (χ1n) is 10.7. The molecule has 7 nitrogen and oxygen atoms in total. The second kappa shape index (κ2) is 5.57. The van der Waals surface area contributed by atoms with Crippen LogP contribution < -0.4 is 0 Å². The van der Waals surface area contributed by atoms with Crippen LogP contribution in [-0.2, 0) is 20.8 Å². The van der Waals surface area contributed by atoms with E-state index < -0.39 is 5.97 Å². The molecular weight excluding hydrogens is 358 g/mol. The third-order valence-corrected chi connectivity index (χ3v) is 8.81. The van der Waals surface area contributed by atoms with Crippen LogP contribution >= 0.6 is 0 Å². The van der Waals surface area contributed by atoms with E-state index in [1.165, 1.54) is 52.1 Å². The number of hydrogen-bond donors (Lipinski definition) is 0. The molecule has 1 saturated heterocycles. The Bertz CT molecular complexity index is 840. The number of ether oxygens (including phenoxy) is 2. The number of esters is 2. The quantitative estimate of drug-likeness (QED) is 0.744. The van der Waals surface area contributed by atoms with Gasteiger partial charge in [-0.1, -0.05) is 5.21 Å². The monoisotopic (exact) mass is 385 g/mol. The van der Waals surface area contributed by atoms with E-state index in [-0.39, 0.29) is 29.6 Å². The summed E-state index contributed by atoms with van der Waals surface area (Å²) in [6, 6.07) is 0. The predicted octanol–water partition coefficient (Wildman–Crippen LogP) is 2.60. The van der Waals surface area contributed by atoms with Gasteiger partial charge in [-0.15, -0.1) is 5.10 Å². The van der Waals surface area contributed by atoms with Crippen LogP contribution in [0.3, 0.4) is 0 Å². The highest BCUT2D eigenvalue weighted by Gasteiger charge is 2.69. The third kappa shape index (κ3) is 2.28. The van der Waals surface area contributed by atoms with Crippen LogP contribution in [0.5, 0.6) is 0 Å².